The minimum Gasteiger partial charge on any atom is -0.478 e. The van der Waals surface area contributed by atoms with Crippen LogP contribution in [0.25, 0.3) is 10.8 Å². The summed E-state index contributed by atoms with van der Waals surface area (Å²) in [5.74, 6) is -3.25. The maximum absolute atomic E-state index is 12.4. The van der Waals surface area contributed by atoms with E-state index in [2.05, 4.69) is 0 Å². The standard InChI is InChI=1S/C19H12O6/c20-17(21)14-9-8-12(10-15(14)18(22)23)19(24)25-16-7-3-5-11-4-1-2-6-13(11)16/h1-10H,(H,20,21)(H,22,23). The molecule has 3 aromatic carbocycles. The van der Waals surface area contributed by atoms with Crippen LogP contribution in [-0.4, -0.2) is 28.1 Å². The number of carboxylic acid groups (broad SMARTS) is 2. The van der Waals surface area contributed by atoms with E-state index < -0.39 is 29.0 Å². The van der Waals surface area contributed by atoms with Crippen LogP contribution in [0, 0.1) is 0 Å². The van der Waals surface area contributed by atoms with Crippen LogP contribution in [0.3, 0.4) is 0 Å². The molecule has 0 aromatic heterocycles. The third kappa shape index (κ3) is 3.18. The summed E-state index contributed by atoms with van der Waals surface area (Å²) >= 11 is 0. The van der Waals surface area contributed by atoms with Crippen LogP contribution in [0.5, 0.6) is 5.75 Å². The average Bonchev–Trinajstić information content (AvgIpc) is 2.61. The molecule has 0 aliphatic heterocycles. The Balaban J connectivity index is 1.97. The number of esters is 1. The van der Waals surface area contributed by atoms with Crippen LogP contribution in [0.2, 0.25) is 0 Å². The van der Waals surface area contributed by atoms with E-state index in [-0.39, 0.29) is 5.56 Å². The second-order valence-corrected chi connectivity index (χ2v) is 5.24. The molecule has 0 aliphatic rings. The summed E-state index contributed by atoms with van der Waals surface area (Å²) in [4.78, 5) is 34.6. The predicted octanol–water partition coefficient (Wildman–Crippen LogP) is 3.46. The van der Waals surface area contributed by atoms with Gasteiger partial charge >= 0.3 is 17.9 Å². The van der Waals surface area contributed by atoms with E-state index in [0.717, 1.165) is 22.9 Å². The fourth-order valence-electron chi connectivity index (χ4n) is 2.48. The quantitative estimate of drug-likeness (QED) is 0.559. The lowest BCUT2D eigenvalue weighted by molar-refractivity contribution is 0.0650. The Morgan fingerprint density at radius 2 is 1.44 bits per heavy atom. The van der Waals surface area contributed by atoms with Gasteiger partial charge in [-0.05, 0) is 29.7 Å². The number of carbonyl (C=O) groups excluding carboxylic acids is 1. The zero-order valence-corrected chi connectivity index (χ0v) is 12.8. The number of hydrogen-bond donors (Lipinski definition) is 2. The van der Waals surface area contributed by atoms with Crippen molar-refractivity contribution in [1.29, 1.82) is 0 Å². The lowest BCUT2D eigenvalue weighted by Crippen LogP contribution is -2.13. The van der Waals surface area contributed by atoms with Crippen molar-refractivity contribution in [2.75, 3.05) is 0 Å². The monoisotopic (exact) mass is 336 g/mol. The van der Waals surface area contributed by atoms with Crippen molar-refractivity contribution < 1.29 is 29.3 Å². The Labute approximate surface area is 141 Å². The van der Waals surface area contributed by atoms with E-state index in [1.54, 1.807) is 18.2 Å². The fraction of sp³-hybridized carbons (Fsp3) is 0. The van der Waals surface area contributed by atoms with Gasteiger partial charge in [0.05, 0.1) is 16.7 Å². The van der Waals surface area contributed by atoms with Gasteiger partial charge in [0.25, 0.3) is 0 Å². The normalized spacial score (nSPS) is 10.4. The summed E-state index contributed by atoms with van der Waals surface area (Å²) in [5, 5.41) is 19.8. The van der Waals surface area contributed by atoms with Gasteiger partial charge in [-0.1, -0.05) is 36.4 Å². The summed E-state index contributed by atoms with van der Waals surface area (Å²) in [6.45, 7) is 0. The number of fused-ring (bicyclic) bond motifs is 1. The predicted molar refractivity (Wildman–Crippen MR) is 89.3 cm³/mol. The number of aromatic carboxylic acids is 2. The Hall–Kier alpha value is -3.67. The number of carboxylic acids is 2. The second kappa shape index (κ2) is 6.45. The summed E-state index contributed by atoms with van der Waals surface area (Å²) in [7, 11) is 0. The first-order chi connectivity index (χ1) is 12.0. The lowest BCUT2D eigenvalue weighted by Gasteiger charge is -2.09. The van der Waals surface area contributed by atoms with Gasteiger partial charge in [-0.3, -0.25) is 0 Å². The van der Waals surface area contributed by atoms with Crippen LogP contribution >= 0.6 is 0 Å². The van der Waals surface area contributed by atoms with E-state index in [1.165, 1.54) is 6.07 Å². The topological polar surface area (TPSA) is 101 Å². The molecular weight excluding hydrogens is 324 g/mol. The first kappa shape index (κ1) is 16.2. The van der Waals surface area contributed by atoms with Gasteiger partial charge in [-0.2, -0.15) is 0 Å². The SMILES string of the molecule is O=C(Oc1cccc2ccccc12)c1ccc(C(=O)O)c(C(=O)O)c1. The highest BCUT2D eigenvalue weighted by Crippen LogP contribution is 2.26. The van der Waals surface area contributed by atoms with Crippen molar-refractivity contribution in [3.05, 3.63) is 77.4 Å². The Bertz CT molecular complexity index is 1000. The Morgan fingerprint density at radius 3 is 2.16 bits per heavy atom. The maximum Gasteiger partial charge on any atom is 0.343 e. The molecule has 0 spiro atoms. The molecule has 25 heavy (non-hydrogen) atoms. The highest BCUT2D eigenvalue weighted by molar-refractivity contribution is 6.04. The lowest BCUT2D eigenvalue weighted by atomic mass is 10.0. The summed E-state index contributed by atoms with van der Waals surface area (Å²) in [5.41, 5.74) is -0.913. The van der Waals surface area contributed by atoms with Gasteiger partial charge in [0.2, 0.25) is 0 Å². The minimum absolute atomic E-state index is 0.0460. The molecule has 6 heteroatoms. The van der Waals surface area contributed by atoms with Crippen LogP contribution in [-0.2, 0) is 0 Å². The fourth-order valence-corrected chi connectivity index (χ4v) is 2.48. The number of ether oxygens (including phenoxy) is 1. The van der Waals surface area contributed by atoms with E-state index in [1.807, 2.05) is 24.3 Å². The van der Waals surface area contributed by atoms with Crippen LogP contribution < -0.4 is 4.74 Å². The third-order valence-corrected chi connectivity index (χ3v) is 3.67. The van der Waals surface area contributed by atoms with Crippen molar-refractivity contribution in [3.63, 3.8) is 0 Å². The maximum atomic E-state index is 12.4. The number of hydrogen-bond acceptors (Lipinski definition) is 4. The Kier molecular flexibility index (Phi) is 4.18. The molecule has 0 unspecified atom stereocenters. The van der Waals surface area contributed by atoms with Crippen molar-refractivity contribution >= 4 is 28.7 Å². The Morgan fingerprint density at radius 1 is 0.760 bits per heavy atom. The van der Waals surface area contributed by atoms with E-state index in [4.69, 9.17) is 14.9 Å². The van der Waals surface area contributed by atoms with Gasteiger partial charge in [0.1, 0.15) is 5.75 Å². The smallest absolute Gasteiger partial charge is 0.343 e. The molecule has 0 aliphatic carbocycles. The molecule has 0 radical (unpaired) electrons. The highest BCUT2D eigenvalue weighted by atomic mass is 16.5. The van der Waals surface area contributed by atoms with Gasteiger partial charge in [-0.15, -0.1) is 0 Å². The zero-order chi connectivity index (χ0) is 18.0. The second-order valence-electron chi connectivity index (χ2n) is 5.24. The van der Waals surface area contributed by atoms with E-state index >= 15 is 0 Å². The van der Waals surface area contributed by atoms with Crippen LogP contribution in [0.1, 0.15) is 31.1 Å². The van der Waals surface area contributed by atoms with Gasteiger partial charge in [0, 0.05) is 5.39 Å². The summed E-state index contributed by atoms with van der Waals surface area (Å²) < 4.78 is 5.37. The van der Waals surface area contributed by atoms with Crippen LogP contribution in [0.15, 0.2) is 60.7 Å². The molecule has 0 bridgehead atoms. The molecule has 3 rings (SSSR count). The number of benzene rings is 3. The molecule has 2 N–H and O–H groups in total. The van der Waals surface area contributed by atoms with Gasteiger partial charge in [0.15, 0.2) is 0 Å². The summed E-state index contributed by atoms with van der Waals surface area (Å²) in [6, 6.07) is 15.9. The van der Waals surface area contributed by atoms with Gasteiger partial charge in [-0.25, -0.2) is 14.4 Å². The minimum atomic E-state index is -1.43. The molecule has 0 fully saturated rings. The zero-order valence-electron chi connectivity index (χ0n) is 12.8. The van der Waals surface area contributed by atoms with Crippen molar-refractivity contribution in [3.8, 4) is 5.75 Å². The van der Waals surface area contributed by atoms with Crippen molar-refractivity contribution in [2.45, 2.75) is 0 Å². The molecule has 0 amide bonds. The largest absolute Gasteiger partial charge is 0.478 e. The van der Waals surface area contributed by atoms with E-state index in [0.29, 0.717) is 5.75 Å². The molecule has 124 valence electrons. The first-order valence-corrected chi connectivity index (χ1v) is 7.28. The van der Waals surface area contributed by atoms with Crippen molar-refractivity contribution in [1.82, 2.24) is 0 Å². The van der Waals surface area contributed by atoms with Gasteiger partial charge < -0.3 is 14.9 Å². The first-order valence-electron chi connectivity index (χ1n) is 7.28. The molecule has 0 heterocycles. The van der Waals surface area contributed by atoms with Crippen LogP contribution in [0.4, 0.5) is 0 Å². The number of rotatable bonds is 4. The third-order valence-electron chi connectivity index (χ3n) is 3.67. The molecule has 0 saturated heterocycles. The number of carbonyl (C=O) groups is 3. The summed E-state index contributed by atoms with van der Waals surface area (Å²) in [6.07, 6.45) is 0. The van der Waals surface area contributed by atoms with E-state index in [9.17, 15) is 14.4 Å². The molecule has 0 atom stereocenters. The molecule has 6 nitrogen and oxygen atoms in total. The molecular formula is C19H12O6. The van der Waals surface area contributed by atoms with Crippen molar-refractivity contribution in [2.24, 2.45) is 0 Å². The molecule has 0 saturated carbocycles. The average molecular weight is 336 g/mol. The highest BCUT2D eigenvalue weighted by Gasteiger charge is 2.19. The molecule has 3 aromatic rings.